The quantitative estimate of drug-likeness (QED) is 0.0343. The zero-order chi connectivity index (χ0) is 58.5. The van der Waals surface area contributed by atoms with Gasteiger partial charge in [-0.1, -0.05) is 406 Å². The van der Waals surface area contributed by atoms with E-state index in [0.29, 0.717) is 19.3 Å². The Morgan fingerprint density at radius 1 is 0.198 bits per heavy atom. The molecule has 0 aliphatic rings. The maximum absolute atomic E-state index is 13.0. The second-order valence-electron chi connectivity index (χ2n) is 25.9. The van der Waals surface area contributed by atoms with Crippen molar-refractivity contribution < 1.29 is 28.6 Å². The van der Waals surface area contributed by atoms with Gasteiger partial charge in [0.05, 0.1) is 0 Å². The van der Waals surface area contributed by atoms with E-state index in [1.54, 1.807) is 0 Å². The molecule has 0 aromatic carbocycles. The van der Waals surface area contributed by atoms with Crippen LogP contribution in [0.3, 0.4) is 0 Å². The monoisotopic (exact) mass is 1140 g/mol. The van der Waals surface area contributed by atoms with Crippen molar-refractivity contribution in [3.8, 4) is 0 Å². The molecule has 0 saturated heterocycles. The molecular formula is C75H146O6. The molecule has 0 N–H and O–H groups in total. The molecule has 0 saturated carbocycles. The van der Waals surface area contributed by atoms with Crippen LogP contribution < -0.4 is 0 Å². The Bertz CT molecular complexity index is 1220. The molecule has 0 fully saturated rings. The molecule has 0 aromatic heterocycles. The summed E-state index contributed by atoms with van der Waals surface area (Å²) < 4.78 is 17.1. The fourth-order valence-electron chi connectivity index (χ4n) is 12.0. The average Bonchev–Trinajstić information content (AvgIpc) is 3.47. The van der Waals surface area contributed by atoms with Gasteiger partial charge >= 0.3 is 17.9 Å². The summed E-state index contributed by atoms with van der Waals surface area (Å²) in [6.07, 6.45) is 84.3. The molecule has 6 nitrogen and oxygen atoms in total. The van der Waals surface area contributed by atoms with Crippen LogP contribution >= 0.6 is 0 Å². The van der Waals surface area contributed by atoms with E-state index >= 15 is 0 Å². The van der Waals surface area contributed by atoms with E-state index in [0.717, 1.165) is 57.8 Å². The van der Waals surface area contributed by atoms with E-state index in [1.165, 1.54) is 347 Å². The molecule has 0 rings (SSSR count). The first kappa shape index (κ1) is 79.4. The lowest BCUT2D eigenvalue weighted by atomic mass is 10.0. The van der Waals surface area contributed by atoms with E-state index in [1.807, 2.05) is 0 Å². The minimum Gasteiger partial charge on any atom is -0.462 e. The molecule has 0 heterocycles. The van der Waals surface area contributed by atoms with Gasteiger partial charge in [-0.25, -0.2) is 0 Å². The highest BCUT2D eigenvalue weighted by Gasteiger charge is 2.20. The summed E-state index contributed by atoms with van der Waals surface area (Å²) in [4.78, 5) is 38.5. The summed E-state index contributed by atoms with van der Waals surface area (Å²) in [6, 6.07) is 0. The van der Waals surface area contributed by atoms with Gasteiger partial charge in [-0.05, 0) is 19.3 Å². The van der Waals surface area contributed by atoms with E-state index < -0.39 is 6.10 Å². The summed E-state index contributed by atoms with van der Waals surface area (Å²) in [5.41, 5.74) is 0. The fourth-order valence-corrected chi connectivity index (χ4v) is 12.0. The lowest BCUT2D eigenvalue weighted by Gasteiger charge is -2.18. The largest absolute Gasteiger partial charge is 0.462 e. The molecule has 0 bridgehead atoms. The zero-order valence-corrected chi connectivity index (χ0v) is 55.6. The molecule has 6 heteroatoms. The molecule has 1 atom stereocenters. The van der Waals surface area contributed by atoms with Crippen molar-refractivity contribution in [2.45, 2.75) is 451 Å². The summed E-state index contributed by atoms with van der Waals surface area (Å²) in [6.45, 7) is 6.76. The van der Waals surface area contributed by atoms with Gasteiger partial charge in [0.2, 0.25) is 0 Å². The van der Waals surface area contributed by atoms with E-state index in [9.17, 15) is 14.4 Å². The van der Waals surface area contributed by atoms with E-state index in [2.05, 4.69) is 20.8 Å². The third kappa shape index (κ3) is 69.1. The van der Waals surface area contributed by atoms with Crippen molar-refractivity contribution in [1.82, 2.24) is 0 Å². The van der Waals surface area contributed by atoms with Crippen molar-refractivity contribution in [3.05, 3.63) is 0 Å². The standard InChI is InChI=1S/C75H146O6/c1-4-7-10-13-16-19-22-25-28-31-34-35-36-37-38-39-42-44-47-50-53-56-59-62-65-68-74(77)80-71-72(81-75(78)69-66-63-60-57-54-51-48-45-41-33-30-27-24-21-18-15-12-9-6-3)70-79-73(76)67-64-61-58-55-52-49-46-43-40-32-29-26-23-20-17-14-11-8-5-2/h72H,4-71H2,1-3H3. The number of unbranched alkanes of at least 4 members (excludes halogenated alkanes) is 60. The van der Waals surface area contributed by atoms with Gasteiger partial charge < -0.3 is 14.2 Å². The summed E-state index contributed by atoms with van der Waals surface area (Å²) in [5.74, 6) is -0.814. The normalized spacial score (nSPS) is 11.9. The molecule has 0 radical (unpaired) electrons. The lowest BCUT2D eigenvalue weighted by molar-refractivity contribution is -0.167. The number of hydrogen-bond donors (Lipinski definition) is 0. The van der Waals surface area contributed by atoms with Crippen LogP contribution in [0.25, 0.3) is 0 Å². The SMILES string of the molecule is CCCCCCCCCCCCCCCCCCCCCCCCCCCC(=O)OCC(COC(=O)CCCCCCCCCCCCCCCCCCCCC)OC(=O)CCCCCCCCCCCCCCCCCCCCC. The second-order valence-corrected chi connectivity index (χ2v) is 25.9. The Labute approximate surface area is 508 Å². The van der Waals surface area contributed by atoms with Crippen LogP contribution in [0, 0.1) is 0 Å². The number of carbonyl (C=O) groups excluding carboxylic acids is 3. The Hall–Kier alpha value is -1.59. The molecule has 1 unspecified atom stereocenters. The topological polar surface area (TPSA) is 78.9 Å². The van der Waals surface area contributed by atoms with Crippen LogP contribution in [-0.2, 0) is 28.6 Å². The van der Waals surface area contributed by atoms with Gasteiger partial charge in [-0.2, -0.15) is 0 Å². The van der Waals surface area contributed by atoms with Crippen molar-refractivity contribution in [2.24, 2.45) is 0 Å². The molecular weight excluding hydrogens is 997 g/mol. The minimum atomic E-state index is -0.764. The molecule has 0 aliphatic carbocycles. The maximum atomic E-state index is 13.0. The third-order valence-corrected chi connectivity index (χ3v) is 17.6. The Kier molecular flexibility index (Phi) is 69.5. The van der Waals surface area contributed by atoms with E-state index in [-0.39, 0.29) is 31.1 Å². The van der Waals surface area contributed by atoms with Gasteiger partial charge in [-0.15, -0.1) is 0 Å². The van der Waals surface area contributed by atoms with Crippen LogP contribution in [-0.4, -0.2) is 37.2 Å². The van der Waals surface area contributed by atoms with Gasteiger partial charge in [-0.3, -0.25) is 14.4 Å². The number of ether oxygens (including phenoxy) is 3. The van der Waals surface area contributed by atoms with Crippen molar-refractivity contribution in [2.75, 3.05) is 13.2 Å². The lowest BCUT2D eigenvalue weighted by Crippen LogP contribution is -2.30. The number of esters is 3. The van der Waals surface area contributed by atoms with Gasteiger partial charge in [0.25, 0.3) is 0 Å². The number of carbonyl (C=O) groups is 3. The number of hydrogen-bond acceptors (Lipinski definition) is 6. The van der Waals surface area contributed by atoms with Gasteiger partial charge in [0.15, 0.2) is 6.10 Å². The first-order valence-corrected chi connectivity index (χ1v) is 37.5. The predicted octanol–water partition coefficient (Wildman–Crippen LogP) is 25.8. The molecule has 0 amide bonds. The second kappa shape index (κ2) is 70.9. The maximum Gasteiger partial charge on any atom is 0.306 e. The Balaban J connectivity index is 4.23. The van der Waals surface area contributed by atoms with Crippen molar-refractivity contribution in [1.29, 1.82) is 0 Å². The van der Waals surface area contributed by atoms with Crippen LogP contribution in [0.2, 0.25) is 0 Å². The first-order chi connectivity index (χ1) is 40.0. The molecule has 0 spiro atoms. The smallest absolute Gasteiger partial charge is 0.306 e. The predicted molar refractivity (Wildman–Crippen MR) is 354 cm³/mol. The van der Waals surface area contributed by atoms with E-state index in [4.69, 9.17) is 14.2 Å². The highest BCUT2D eigenvalue weighted by molar-refractivity contribution is 5.71. The summed E-state index contributed by atoms with van der Waals surface area (Å²) >= 11 is 0. The van der Waals surface area contributed by atoms with Crippen molar-refractivity contribution in [3.63, 3.8) is 0 Å². The van der Waals surface area contributed by atoms with Crippen LogP contribution in [0.4, 0.5) is 0 Å². The zero-order valence-electron chi connectivity index (χ0n) is 55.6. The van der Waals surface area contributed by atoms with Gasteiger partial charge in [0.1, 0.15) is 13.2 Å². The molecule has 482 valence electrons. The summed E-state index contributed by atoms with van der Waals surface area (Å²) in [5, 5.41) is 0. The highest BCUT2D eigenvalue weighted by atomic mass is 16.6. The van der Waals surface area contributed by atoms with Crippen LogP contribution in [0.1, 0.15) is 445 Å². The average molecular weight is 1140 g/mol. The number of rotatable bonds is 71. The van der Waals surface area contributed by atoms with Gasteiger partial charge in [0, 0.05) is 19.3 Å². The van der Waals surface area contributed by atoms with Crippen molar-refractivity contribution >= 4 is 17.9 Å². The molecule has 0 aromatic rings. The Morgan fingerprint density at radius 2 is 0.333 bits per heavy atom. The van der Waals surface area contributed by atoms with Crippen LogP contribution in [0.15, 0.2) is 0 Å². The molecule has 81 heavy (non-hydrogen) atoms. The van der Waals surface area contributed by atoms with Crippen LogP contribution in [0.5, 0.6) is 0 Å². The fraction of sp³-hybridized carbons (Fsp3) is 0.960. The third-order valence-electron chi connectivity index (χ3n) is 17.6. The molecule has 0 aliphatic heterocycles. The summed E-state index contributed by atoms with van der Waals surface area (Å²) in [7, 11) is 0. The Morgan fingerprint density at radius 3 is 0.494 bits per heavy atom. The highest BCUT2D eigenvalue weighted by Crippen LogP contribution is 2.20. The minimum absolute atomic E-state index is 0.0598. The first-order valence-electron chi connectivity index (χ1n) is 37.5.